The highest BCUT2D eigenvalue weighted by molar-refractivity contribution is 8.01. The molecule has 1 N–H and O–H groups in total. The van der Waals surface area contributed by atoms with Gasteiger partial charge in [0.25, 0.3) is 0 Å². The second-order valence-corrected chi connectivity index (χ2v) is 6.08. The Bertz CT molecular complexity index is 444. The summed E-state index contributed by atoms with van der Waals surface area (Å²) in [5.74, 6) is -0.434. The van der Waals surface area contributed by atoms with E-state index in [2.05, 4.69) is 0 Å². The molecule has 0 bridgehead atoms. The smallest absolute Gasteiger partial charge is 0.320 e. The molecule has 5 heteroatoms. The first-order valence-electron chi connectivity index (χ1n) is 5.35. The molecule has 1 saturated heterocycles. The molecular formula is C12H12ClFO2S. The normalized spacial score (nSPS) is 23.9. The van der Waals surface area contributed by atoms with Crippen molar-refractivity contribution in [2.75, 3.05) is 5.75 Å². The molecule has 1 unspecified atom stereocenters. The molecule has 0 spiro atoms. The molecule has 1 heterocycles. The van der Waals surface area contributed by atoms with Crippen molar-refractivity contribution < 1.29 is 14.3 Å². The summed E-state index contributed by atoms with van der Waals surface area (Å²) in [5, 5.41) is 9.74. The van der Waals surface area contributed by atoms with Crippen LogP contribution in [0.1, 0.15) is 18.4 Å². The summed E-state index contributed by atoms with van der Waals surface area (Å²) < 4.78 is 12.7. The Labute approximate surface area is 108 Å². The second-order valence-electron chi connectivity index (χ2n) is 4.16. The molecule has 1 aromatic carbocycles. The largest absolute Gasteiger partial charge is 0.480 e. The summed E-state index contributed by atoms with van der Waals surface area (Å²) >= 11 is 7.20. The van der Waals surface area contributed by atoms with Crippen LogP contribution in [0.15, 0.2) is 18.2 Å². The Kier molecular flexibility index (Phi) is 3.64. The average Bonchev–Trinajstić information content (AvgIpc) is 2.73. The van der Waals surface area contributed by atoms with Gasteiger partial charge < -0.3 is 5.11 Å². The summed E-state index contributed by atoms with van der Waals surface area (Å²) in [4.78, 5) is 11.3. The van der Waals surface area contributed by atoms with Crippen molar-refractivity contribution in [1.82, 2.24) is 0 Å². The van der Waals surface area contributed by atoms with Crippen molar-refractivity contribution >= 4 is 29.3 Å². The van der Waals surface area contributed by atoms with E-state index in [0.29, 0.717) is 17.0 Å². The maximum absolute atomic E-state index is 13.6. The van der Waals surface area contributed by atoms with Gasteiger partial charge in [0.05, 0.1) is 0 Å². The summed E-state index contributed by atoms with van der Waals surface area (Å²) in [7, 11) is 0. The zero-order valence-corrected chi connectivity index (χ0v) is 10.7. The van der Waals surface area contributed by atoms with Gasteiger partial charge in [-0.3, -0.25) is 4.79 Å². The van der Waals surface area contributed by atoms with Crippen LogP contribution in [0.25, 0.3) is 0 Å². The minimum Gasteiger partial charge on any atom is -0.480 e. The molecule has 17 heavy (non-hydrogen) atoms. The van der Waals surface area contributed by atoms with Gasteiger partial charge in [-0.1, -0.05) is 11.6 Å². The molecule has 1 atom stereocenters. The number of hydrogen-bond donors (Lipinski definition) is 1. The van der Waals surface area contributed by atoms with Crippen LogP contribution in [0.5, 0.6) is 0 Å². The number of carbonyl (C=O) groups is 1. The SMILES string of the molecule is O=C(O)C1(Cc2cc(Cl)ccc2F)CCCS1. The summed E-state index contributed by atoms with van der Waals surface area (Å²) in [6, 6.07) is 4.27. The zero-order chi connectivity index (χ0) is 12.5. The predicted octanol–water partition coefficient (Wildman–Crippen LogP) is 3.37. The molecule has 1 aliphatic heterocycles. The monoisotopic (exact) mass is 274 g/mol. The molecule has 0 aromatic heterocycles. The Hall–Kier alpha value is -0.740. The van der Waals surface area contributed by atoms with E-state index in [1.165, 1.54) is 30.0 Å². The van der Waals surface area contributed by atoms with Crippen LogP contribution in [0.3, 0.4) is 0 Å². The molecular weight excluding hydrogens is 263 g/mol. The van der Waals surface area contributed by atoms with E-state index in [-0.39, 0.29) is 12.2 Å². The highest BCUT2D eigenvalue weighted by Crippen LogP contribution is 2.41. The van der Waals surface area contributed by atoms with Crippen molar-refractivity contribution in [3.05, 3.63) is 34.6 Å². The Morgan fingerprint density at radius 2 is 2.35 bits per heavy atom. The molecule has 1 aromatic rings. The highest BCUT2D eigenvalue weighted by Gasteiger charge is 2.42. The average molecular weight is 275 g/mol. The molecule has 0 amide bonds. The lowest BCUT2D eigenvalue weighted by molar-refractivity contribution is -0.139. The van der Waals surface area contributed by atoms with Crippen LogP contribution in [0.4, 0.5) is 4.39 Å². The van der Waals surface area contributed by atoms with Gasteiger partial charge in [0.1, 0.15) is 10.6 Å². The standard InChI is InChI=1S/C12H12ClFO2S/c13-9-2-3-10(14)8(6-9)7-12(11(15)16)4-1-5-17-12/h2-3,6H,1,4-5,7H2,(H,15,16). The Morgan fingerprint density at radius 1 is 1.59 bits per heavy atom. The van der Waals surface area contributed by atoms with Crippen LogP contribution >= 0.6 is 23.4 Å². The summed E-state index contributed by atoms with van der Waals surface area (Å²) in [6.07, 6.45) is 1.64. The fraction of sp³-hybridized carbons (Fsp3) is 0.417. The van der Waals surface area contributed by atoms with Crippen LogP contribution < -0.4 is 0 Å². The van der Waals surface area contributed by atoms with E-state index in [9.17, 15) is 14.3 Å². The number of aliphatic carboxylic acids is 1. The molecule has 92 valence electrons. The van der Waals surface area contributed by atoms with Gasteiger partial charge in [0, 0.05) is 11.4 Å². The van der Waals surface area contributed by atoms with Crippen LogP contribution in [0.2, 0.25) is 5.02 Å². The first-order chi connectivity index (χ1) is 8.03. The number of carboxylic acid groups (broad SMARTS) is 1. The van der Waals surface area contributed by atoms with Gasteiger partial charge >= 0.3 is 5.97 Å². The van der Waals surface area contributed by atoms with E-state index in [0.717, 1.165) is 12.2 Å². The maximum Gasteiger partial charge on any atom is 0.320 e. The third-order valence-electron chi connectivity index (χ3n) is 2.98. The van der Waals surface area contributed by atoms with Crippen molar-refractivity contribution in [2.45, 2.75) is 24.0 Å². The lowest BCUT2D eigenvalue weighted by Gasteiger charge is -2.23. The quantitative estimate of drug-likeness (QED) is 0.918. The minimum atomic E-state index is -0.883. The van der Waals surface area contributed by atoms with E-state index >= 15 is 0 Å². The van der Waals surface area contributed by atoms with Gasteiger partial charge in [0.2, 0.25) is 0 Å². The third-order valence-corrected chi connectivity index (χ3v) is 4.78. The van der Waals surface area contributed by atoms with Gasteiger partial charge in [-0.15, -0.1) is 11.8 Å². The molecule has 0 radical (unpaired) electrons. The molecule has 0 aliphatic carbocycles. The number of carboxylic acids is 1. The maximum atomic E-state index is 13.6. The predicted molar refractivity (Wildman–Crippen MR) is 67.2 cm³/mol. The molecule has 2 nitrogen and oxygen atoms in total. The first-order valence-corrected chi connectivity index (χ1v) is 6.71. The Balaban J connectivity index is 2.29. The van der Waals surface area contributed by atoms with Crippen molar-refractivity contribution in [1.29, 1.82) is 0 Å². The Morgan fingerprint density at radius 3 is 2.94 bits per heavy atom. The third kappa shape index (κ3) is 2.58. The number of hydrogen-bond acceptors (Lipinski definition) is 2. The van der Waals surface area contributed by atoms with Crippen LogP contribution in [-0.2, 0) is 11.2 Å². The lowest BCUT2D eigenvalue weighted by Crippen LogP contribution is -2.35. The van der Waals surface area contributed by atoms with E-state index < -0.39 is 10.7 Å². The van der Waals surface area contributed by atoms with Gasteiger partial charge in [-0.05, 0) is 42.4 Å². The van der Waals surface area contributed by atoms with E-state index in [4.69, 9.17) is 11.6 Å². The van der Waals surface area contributed by atoms with Gasteiger partial charge in [-0.25, -0.2) is 4.39 Å². The van der Waals surface area contributed by atoms with Crippen LogP contribution in [0, 0.1) is 5.82 Å². The topological polar surface area (TPSA) is 37.3 Å². The number of thioether (sulfide) groups is 1. The molecule has 1 aliphatic rings. The number of benzene rings is 1. The van der Waals surface area contributed by atoms with E-state index in [1.54, 1.807) is 0 Å². The molecule has 1 fully saturated rings. The first kappa shape index (κ1) is 12.7. The number of halogens is 2. The summed E-state index contributed by atoms with van der Waals surface area (Å²) in [5.41, 5.74) is 0.384. The second kappa shape index (κ2) is 4.86. The zero-order valence-electron chi connectivity index (χ0n) is 9.08. The van der Waals surface area contributed by atoms with E-state index in [1.807, 2.05) is 0 Å². The van der Waals surface area contributed by atoms with Crippen molar-refractivity contribution in [3.63, 3.8) is 0 Å². The minimum absolute atomic E-state index is 0.194. The number of rotatable bonds is 3. The molecule has 2 rings (SSSR count). The van der Waals surface area contributed by atoms with Crippen molar-refractivity contribution in [3.8, 4) is 0 Å². The van der Waals surface area contributed by atoms with Gasteiger partial charge in [0.15, 0.2) is 0 Å². The molecule has 0 saturated carbocycles. The van der Waals surface area contributed by atoms with Gasteiger partial charge in [-0.2, -0.15) is 0 Å². The van der Waals surface area contributed by atoms with Crippen LogP contribution in [-0.4, -0.2) is 21.6 Å². The fourth-order valence-corrected chi connectivity index (χ4v) is 3.61. The highest BCUT2D eigenvalue weighted by atomic mass is 35.5. The lowest BCUT2D eigenvalue weighted by atomic mass is 9.94. The summed E-state index contributed by atoms with van der Waals surface area (Å²) in [6.45, 7) is 0. The van der Waals surface area contributed by atoms with Crippen molar-refractivity contribution in [2.24, 2.45) is 0 Å². The fourth-order valence-electron chi connectivity index (χ4n) is 2.07.